The maximum absolute atomic E-state index is 13.1. The van der Waals surface area contributed by atoms with Crippen molar-refractivity contribution in [1.29, 1.82) is 0 Å². The normalized spacial score (nSPS) is 13.3. The molecule has 0 aliphatic carbocycles. The molecule has 3 aromatic rings. The van der Waals surface area contributed by atoms with Crippen LogP contribution in [0.25, 0.3) is 0 Å². The van der Waals surface area contributed by atoms with Crippen molar-refractivity contribution < 1.29 is 9.59 Å². The van der Waals surface area contributed by atoms with Crippen LogP contribution in [0.1, 0.15) is 17.5 Å². The molecule has 1 N–H and O–H groups in total. The summed E-state index contributed by atoms with van der Waals surface area (Å²) in [7, 11) is 0. The van der Waals surface area contributed by atoms with E-state index in [2.05, 4.69) is 5.32 Å². The minimum Gasteiger partial charge on any atom is -0.324 e. The molecule has 0 saturated carbocycles. The van der Waals surface area contributed by atoms with Gasteiger partial charge in [-0.05, 0) is 42.3 Å². The molecule has 0 saturated heterocycles. The number of rotatable bonds is 4. The Balaban J connectivity index is 1.59. The Morgan fingerprint density at radius 3 is 2.57 bits per heavy atom. The topological polar surface area (TPSA) is 61.8 Å². The molecule has 30 heavy (non-hydrogen) atoms. The molecule has 1 aliphatic heterocycles. The second-order valence-electron chi connectivity index (χ2n) is 7.08. The molecule has 0 atom stereocenters. The smallest absolute Gasteiger partial charge is 0.244 e. The Morgan fingerprint density at radius 2 is 1.80 bits per heavy atom. The summed E-state index contributed by atoms with van der Waals surface area (Å²) in [6, 6.07) is 22.3. The summed E-state index contributed by atoms with van der Waals surface area (Å²) in [4.78, 5) is 32.0. The number of carbonyl (C=O) groups is 2. The first-order valence-electron chi connectivity index (χ1n) is 9.59. The van der Waals surface area contributed by atoms with E-state index >= 15 is 0 Å². The average Bonchev–Trinajstić information content (AvgIpc) is 2.88. The van der Waals surface area contributed by atoms with Crippen molar-refractivity contribution in [2.24, 2.45) is 4.99 Å². The van der Waals surface area contributed by atoms with Crippen molar-refractivity contribution in [3.63, 3.8) is 0 Å². The monoisotopic (exact) mass is 417 g/mol. The van der Waals surface area contributed by atoms with Gasteiger partial charge in [0.25, 0.3) is 0 Å². The fraction of sp³-hybridized carbons (Fsp3) is 0.125. The number of anilines is 2. The van der Waals surface area contributed by atoms with Crippen LogP contribution < -0.4 is 10.2 Å². The highest BCUT2D eigenvalue weighted by atomic mass is 35.5. The van der Waals surface area contributed by atoms with Gasteiger partial charge in [0.2, 0.25) is 11.8 Å². The molecule has 0 fully saturated rings. The quantitative estimate of drug-likeness (QED) is 0.638. The zero-order chi connectivity index (χ0) is 21.1. The maximum Gasteiger partial charge on any atom is 0.244 e. The van der Waals surface area contributed by atoms with Crippen LogP contribution in [0.3, 0.4) is 0 Å². The first-order valence-corrected chi connectivity index (χ1v) is 9.97. The number of aryl methyl sites for hydroxylation is 1. The zero-order valence-corrected chi connectivity index (χ0v) is 17.2. The van der Waals surface area contributed by atoms with Gasteiger partial charge in [0.05, 0.1) is 23.5 Å². The molecular weight excluding hydrogens is 398 g/mol. The summed E-state index contributed by atoms with van der Waals surface area (Å²) in [6.45, 7) is 1.78. The van der Waals surface area contributed by atoms with Crippen LogP contribution in [0, 0.1) is 6.92 Å². The highest BCUT2D eigenvalue weighted by molar-refractivity contribution is 6.31. The Labute approximate surface area is 180 Å². The second kappa shape index (κ2) is 8.51. The van der Waals surface area contributed by atoms with Crippen LogP contribution in [0.4, 0.5) is 17.1 Å². The summed E-state index contributed by atoms with van der Waals surface area (Å²) in [5, 5.41) is 3.39. The van der Waals surface area contributed by atoms with Gasteiger partial charge < -0.3 is 10.2 Å². The number of hydrogen-bond acceptors (Lipinski definition) is 3. The highest BCUT2D eigenvalue weighted by Gasteiger charge is 2.26. The van der Waals surface area contributed by atoms with E-state index in [1.807, 2.05) is 61.5 Å². The fourth-order valence-corrected chi connectivity index (χ4v) is 3.51. The lowest BCUT2D eigenvalue weighted by atomic mass is 10.1. The van der Waals surface area contributed by atoms with Crippen LogP contribution in [0.5, 0.6) is 0 Å². The number of hydrogen-bond donors (Lipinski definition) is 1. The molecular formula is C24H20ClN3O2. The number of para-hydroxylation sites is 2. The SMILES string of the molecule is Cc1ccc(NC(=O)CN2C(=O)CC(c3ccccc3)=Nc3ccccc32)cc1Cl. The largest absolute Gasteiger partial charge is 0.324 e. The number of aliphatic imine (C=N–C) groups is 1. The van der Waals surface area contributed by atoms with Gasteiger partial charge >= 0.3 is 0 Å². The van der Waals surface area contributed by atoms with Crippen molar-refractivity contribution in [3.05, 3.63) is 88.9 Å². The molecule has 2 amide bonds. The number of carbonyl (C=O) groups excluding carboxylic acids is 2. The van der Waals surface area contributed by atoms with Crippen molar-refractivity contribution in [2.75, 3.05) is 16.8 Å². The number of halogens is 1. The average molecular weight is 418 g/mol. The van der Waals surface area contributed by atoms with E-state index in [1.165, 1.54) is 4.90 Å². The summed E-state index contributed by atoms with van der Waals surface area (Å²) in [5.74, 6) is -0.485. The van der Waals surface area contributed by atoms with Gasteiger partial charge in [-0.2, -0.15) is 0 Å². The highest BCUT2D eigenvalue weighted by Crippen LogP contribution is 2.33. The molecule has 5 nitrogen and oxygen atoms in total. The maximum atomic E-state index is 13.1. The molecule has 150 valence electrons. The number of nitrogens with one attached hydrogen (secondary N) is 1. The first kappa shape index (κ1) is 19.9. The van der Waals surface area contributed by atoms with Crippen LogP contribution in [-0.4, -0.2) is 24.1 Å². The molecule has 1 aliphatic rings. The zero-order valence-electron chi connectivity index (χ0n) is 16.4. The van der Waals surface area contributed by atoms with Crippen molar-refractivity contribution in [1.82, 2.24) is 0 Å². The Bertz CT molecular complexity index is 1140. The minimum absolute atomic E-state index is 0.112. The third-order valence-electron chi connectivity index (χ3n) is 4.91. The molecule has 0 unspecified atom stereocenters. The lowest BCUT2D eigenvalue weighted by Crippen LogP contribution is -2.38. The predicted molar refractivity (Wildman–Crippen MR) is 121 cm³/mol. The first-order chi connectivity index (χ1) is 14.5. The third kappa shape index (κ3) is 4.26. The molecule has 4 rings (SSSR count). The molecule has 0 radical (unpaired) electrons. The molecule has 0 bridgehead atoms. The summed E-state index contributed by atoms with van der Waals surface area (Å²) < 4.78 is 0. The minimum atomic E-state index is -0.304. The van der Waals surface area contributed by atoms with Gasteiger partial charge in [-0.3, -0.25) is 14.6 Å². The summed E-state index contributed by atoms with van der Waals surface area (Å²) in [5.41, 5.74) is 4.37. The number of fused-ring (bicyclic) bond motifs is 1. The Morgan fingerprint density at radius 1 is 1.07 bits per heavy atom. The van der Waals surface area contributed by atoms with E-state index in [9.17, 15) is 9.59 Å². The van der Waals surface area contributed by atoms with Crippen LogP contribution in [0.15, 0.2) is 77.8 Å². The molecule has 0 aromatic heterocycles. The van der Waals surface area contributed by atoms with Crippen LogP contribution in [0.2, 0.25) is 5.02 Å². The lowest BCUT2D eigenvalue weighted by molar-refractivity contribution is -0.120. The van der Waals surface area contributed by atoms with Crippen molar-refractivity contribution in [2.45, 2.75) is 13.3 Å². The van der Waals surface area contributed by atoms with E-state index in [4.69, 9.17) is 16.6 Å². The summed E-state index contributed by atoms with van der Waals surface area (Å²) >= 11 is 6.14. The molecule has 1 heterocycles. The summed E-state index contributed by atoms with van der Waals surface area (Å²) in [6.07, 6.45) is 0.113. The Kier molecular flexibility index (Phi) is 5.63. The van der Waals surface area contributed by atoms with E-state index in [0.717, 1.165) is 11.1 Å². The van der Waals surface area contributed by atoms with Crippen molar-refractivity contribution in [3.8, 4) is 0 Å². The number of nitrogens with zero attached hydrogens (tertiary/aromatic N) is 2. The van der Waals surface area contributed by atoms with Gasteiger partial charge in [-0.25, -0.2) is 0 Å². The van der Waals surface area contributed by atoms with Crippen molar-refractivity contribution >= 4 is 46.2 Å². The number of amides is 2. The van der Waals surface area contributed by atoms with Gasteiger partial charge in [-0.15, -0.1) is 0 Å². The van der Waals surface area contributed by atoms with Crippen LogP contribution >= 0.6 is 11.6 Å². The fourth-order valence-electron chi connectivity index (χ4n) is 3.33. The third-order valence-corrected chi connectivity index (χ3v) is 5.32. The number of benzene rings is 3. The van der Waals surface area contributed by atoms with Gasteiger partial charge in [0, 0.05) is 10.7 Å². The lowest BCUT2D eigenvalue weighted by Gasteiger charge is -2.22. The standard InChI is InChI=1S/C24H20ClN3O2/c1-16-11-12-18(13-19(16)25)26-23(29)15-28-22-10-6-5-9-20(22)27-21(14-24(28)30)17-7-3-2-4-8-17/h2-13H,14-15H2,1H3,(H,26,29). The predicted octanol–water partition coefficient (Wildman–Crippen LogP) is 5.14. The molecule has 6 heteroatoms. The molecule has 3 aromatic carbocycles. The second-order valence-corrected chi connectivity index (χ2v) is 7.49. The Hall–Kier alpha value is -3.44. The van der Waals surface area contributed by atoms with Gasteiger partial charge in [0.1, 0.15) is 6.54 Å². The van der Waals surface area contributed by atoms with Gasteiger partial charge in [-0.1, -0.05) is 60.1 Å². The van der Waals surface area contributed by atoms with E-state index in [1.54, 1.807) is 18.2 Å². The molecule has 0 spiro atoms. The van der Waals surface area contributed by atoms with Crippen LogP contribution in [-0.2, 0) is 9.59 Å². The van der Waals surface area contributed by atoms with E-state index < -0.39 is 0 Å². The van der Waals surface area contributed by atoms with E-state index in [0.29, 0.717) is 27.8 Å². The van der Waals surface area contributed by atoms with Gasteiger partial charge in [0.15, 0.2) is 0 Å². The van der Waals surface area contributed by atoms with E-state index in [-0.39, 0.29) is 24.8 Å².